The van der Waals surface area contributed by atoms with Crippen LogP contribution in [0.4, 0.5) is 8.78 Å². The number of aryl methyl sites for hydroxylation is 2. The maximum atomic E-state index is 13.3. The molecule has 0 aliphatic carbocycles. The van der Waals surface area contributed by atoms with Gasteiger partial charge in [0.15, 0.2) is 18.2 Å². The van der Waals surface area contributed by atoms with Gasteiger partial charge in [-0.2, -0.15) is 0 Å². The topological polar surface area (TPSA) is 51.2 Å². The van der Waals surface area contributed by atoms with Crippen LogP contribution in [-0.2, 0) is 11.3 Å². The van der Waals surface area contributed by atoms with Crippen molar-refractivity contribution in [2.75, 3.05) is 6.61 Å². The minimum Gasteiger partial charge on any atom is -0.481 e. The summed E-state index contributed by atoms with van der Waals surface area (Å²) < 4.78 is 31.0. The predicted octanol–water partition coefficient (Wildman–Crippen LogP) is 2.73. The Morgan fingerprint density at radius 2 is 2.14 bits per heavy atom. The van der Waals surface area contributed by atoms with Gasteiger partial charge >= 0.3 is 0 Å². The van der Waals surface area contributed by atoms with E-state index in [9.17, 15) is 13.6 Å². The van der Waals surface area contributed by atoms with Gasteiger partial charge in [-0.25, -0.2) is 13.8 Å². The summed E-state index contributed by atoms with van der Waals surface area (Å²) in [5.41, 5.74) is 0.878. The molecule has 1 aromatic carbocycles. The number of nitrogens with zero attached hydrogens (tertiary/aromatic N) is 1. The van der Waals surface area contributed by atoms with Crippen molar-refractivity contribution in [3.8, 4) is 5.75 Å². The van der Waals surface area contributed by atoms with Crippen LogP contribution >= 0.6 is 11.3 Å². The van der Waals surface area contributed by atoms with E-state index in [0.29, 0.717) is 12.6 Å². The number of benzene rings is 1. The molecule has 1 amide bonds. The third-order valence-electron chi connectivity index (χ3n) is 2.70. The molecule has 112 valence electrons. The summed E-state index contributed by atoms with van der Waals surface area (Å²) in [4.78, 5) is 16.9. The number of hydrogen-bond acceptors (Lipinski definition) is 4. The van der Waals surface area contributed by atoms with Crippen LogP contribution in [0.25, 0.3) is 0 Å². The number of hydrogen-bond donors (Lipinski definition) is 1. The quantitative estimate of drug-likeness (QED) is 0.923. The maximum Gasteiger partial charge on any atom is 0.258 e. The lowest BCUT2D eigenvalue weighted by molar-refractivity contribution is -0.123. The summed E-state index contributed by atoms with van der Waals surface area (Å²) in [5.74, 6) is -2.07. The fourth-order valence-electron chi connectivity index (χ4n) is 1.70. The van der Waals surface area contributed by atoms with Crippen molar-refractivity contribution >= 4 is 17.2 Å². The Kier molecular flexibility index (Phi) is 4.85. The van der Waals surface area contributed by atoms with Crippen LogP contribution < -0.4 is 10.1 Å². The van der Waals surface area contributed by atoms with E-state index in [2.05, 4.69) is 10.3 Å². The monoisotopic (exact) mass is 312 g/mol. The fraction of sp³-hybridized carbons (Fsp3) is 0.286. The smallest absolute Gasteiger partial charge is 0.258 e. The molecule has 0 aliphatic heterocycles. The third-order valence-corrected chi connectivity index (χ3v) is 3.77. The first-order valence-electron chi connectivity index (χ1n) is 6.23. The molecular formula is C14H14F2N2O2S. The van der Waals surface area contributed by atoms with Gasteiger partial charge in [0.2, 0.25) is 0 Å². The molecule has 0 aliphatic rings. The summed E-state index contributed by atoms with van der Waals surface area (Å²) in [6.45, 7) is 3.78. The summed E-state index contributed by atoms with van der Waals surface area (Å²) in [7, 11) is 0. The number of carbonyl (C=O) groups excluding carboxylic acids is 1. The standard InChI is InChI=1S/C14H14F2N2O2S/c1-8-13(21-9(2)18-8)6-17-14(19)7-20-12-4-3-10(15)5-11(12)16/h3-5H,6-7H2,1-2H3,(H,17,19). The van der Waals surface area contributed by atoms with E-state index in [0.717, 1.165) is 27.7 Å². The molecule has 0 bridgehead atoms. The van der Waals surface area contributed by atoms with E-state index in [1.165, 1.54) is 11.3 Å². The van der Waals surface area contributed by atoms with E-state index in [1.54, 1.807) is 0 Å². The van der Waals surface area contributed by atoms with Crippen LogP contribution in [0.3, 0.4) is 0 Å². The molecule has 0 radical (unpaired) electrons. The number of ether oxygens (including phenoxy) is 1. The van der Waals surface area contributed by atoms with E-state index in [1.807, 2.05) is 13.8 Å². The Hall–Kier alpha value is -2.02. The normalized spacial score (nSPS) is 10.5. The SMILES string of the molecule is Cc1nc(C)c(CNC(=O)COc2ccc(F)cc2F)s1. The molecule has 1 N–H and O–H groups in total. The predicted molar refractivity (Wildman–Crippen MR) is 75.3 cm³/mol. The minimum absolute atomic E-state index is 0.156. The lowest BCUT2D eigenvalue weighted by atomic mass is 10.3. The Balaban J connectivity index is 1.83. The number of rotatable bonds is 5. The minimum atomic E-state index is -0.836. The first-order chi connectivity index (χ1) is 9.95. The first-order valence-corrected chi connectivity index (χ1v) is 7.05. The van der Waals surface area contributed by atoms with E-state index in [-0.39, 0.29) is 18.3 Å². The van der Waals surface area contributed by atoms with Crippen LogP contribution in [0.15, 0.2) is 18.2 Å². The van der Waals surface area contributed by atoms with Crippen molar-refractivity contribution in [2.24, 2.45) is 0 Å². The number of nitrogens with one attached hydrogen (secondary N) is 1. The highest BCUT2D eigenvalue weighted by molar-refractivity contribution is 7.11. The van der Waals surface area contributed by atoms with Crippen molar-refractivity contribution in [2.45, 2.75) is 20.4 Å². The van der Waals surface area contributed by atoms with E-state index in [4.69, 9.17) is 4.74 Å². The van der Waals surface area contributed by atoms with Gasteiger partial charge in [-0.15, -0.1) is 11.3 Å². The Morgan fingerprint density at radius 3 is 2.76 bits per heavy atom. The molecular weight excluding hydrogens is 298 g/mol. The molecule has 0 spiro atoms. The number of thiazole rings is 1. The second kappa shape index (κ2) is 6.62. The highest BCUT2D eigenvalue weighted by Crippen LogP contribution is 2.18. The van der Waals surface area contributed by atoms with Gasteiger partial charge in [-0.05, 0) is 26.0 Å². The zero-order chi connectivity index (χ0) is 15.4. The van der Waals surface area contributed by atoms with Crippen LogP contribution in [-0.4, -0.2) is 17.5 Å². The molecule has 21 heavy (non-hydrogen) atoms. The van der Waals surface area contributed by atoms with Crippen molar-refractivity contribution in [1.29, 1.82) is 0 Å². The average molecular weight is 312 g/mol. The zero-order valence-corrected chi connectivity index (χ0v) is 12.4. The maximum absolute atomic E-state index is 13.3. The molecule has 0 saturated heterocycles. The summed E-state index contributed by atoms with van der Waals surface area (Å²) in [5, 5.41) is 3.60. The number of aromatic nitrogens is 1. The Bertz CT molecular complexity index is 658. The molecule has 7 heteroatoms. The van der Waals surface area contributed by atoms with Crippen molar-refractivity contribution in [3.05, 3.63) is 45.4 Å². The number of amides is 1. The molecule has 2 rings (SSSR count). The zero-order valence-electron chi connectivity index (χ0n) is 11.6. The summed E-state index contributed by atoms with van der Waals surface area (Å²) >= 11 is 1.51. The largest absolute Gasteiger partial charge is 0.481 e. The average Bonchev–Trinajstić information content (AvgIpc) is 2.73. The van der Waals surface area contributed by atoms with Gasteiger partial charge in [0, 0.05) is 10.9 Å². The van der Waals surface area contributed by atoms with Crippen molar-refractivity contribution < 1.29 is 18.3 Å². The van der Waals surface area contributed by atoms with Crippen LogP contribution in [0.2, 0.25) is 0 Å². The highest BCUT2D eigenvalue weighted by atomic mass is 32.1. The Morgan fingerprint density at radius 1 is 1.38 bits per heavy atom. The fourth-order valence-corrected chi connectivity index (χ4v) is 2.58. The second-order valence-corrected chi connectivity index (χ2v) is 5.67. The van der Waals surface area contributed by atoms with Crippen LogP contribution in [0, 0.1) is 25.5 Å². The molecule has 0 unspecified atom stereocenters. The molecule has 0 saturated carbocycles. The first kappa shape index (κ1) is 15.4. The lowest BCUT2D eigenvalue weighted by Crippen LogP contribution is -2.28. The van der Waals surface area contributed by atoms with Crippen molar-refractivity contribution in [3.63, 3.8) is 0 Å². The van der Waals surface area contributed by atoms with Crippen LogP contribution in [0.5, 0.6) is 5.75 Å². The van der Waals surface area contributed by atoms with Gasteiger partial charge in [0.05, 0.1) is 17.2 Å². The number of carbonyl (C=O) groups is 1. The molecule has 1 aromatic heterocycles. The van der Waals surface area contributed by atoms with Gasteiger partial charge in [-0.3, -0.25) is 4.79 Å². The summed E-state index contributed by atoms with van der Waals surface area (Å²) in [6.07, 6.45) is 0. The molecule has 0 atom stereocenters. The van der Waals surface area contributed by atoms with Gasteiger partial charge in [-0.1, -0.05) is 0 Å². The number of halogens is 2. The lowest BCUT2D eigenvalue weighted by Gasteiger charge is -2.07. The Labute approximate surface area is 124 Å². The molecule has 1 heterocycles. The van der Waals surface area contributed by atoms with E-state index >= 15 is 0 Å². The molecule has 2 aromatic rings. The summed E-state index contributed by atoms with van der Waals surface area (Å²) in [6, 6.07) is 2.92. The molecule has 4 nitrogen and oxygen atoms in total. The van der Waals surface area contributed by atoms with Gasteiger partial charge in [0.25, 0.3) is 5.91 Å². The highest BCUT2D eigenvalue weighted by Gasteiger charge is 2.10. The second-order valence-electron chi connectivity index (χ2n) is 4.38. The third kappa shape index (κ3) is 4.22. The van der Waals surface area contributed by atoms with Gasteiger partial charge in [0.1, 0.15) is 5.82 Å². The van der Waals surface area contributed by atoms with Gasteiger partial charge < -0.3 is 10.1 Å². The van der Waals surface area contributed by atoms with E-state index < -0.39 is 11.6 Å². The van der Waals surface area contributed by atoms with Crippen LogP contribution in [0.1, 0.15) is 15.6 Å². The van der Waals surface area contributed by atoms with Crippen molar-refractivity contribution in [1.82, 2.24) is 10.3 Å². The molecule has 0 fully saturated rings.